The molecule has 1 saturated carbocycles. The number of rotatable bonds is 0. The third-order valence-corrected chi connectivity index (χ3v) is 3.62. The molecule has 0 N–H and O–H groups in total. The van der Waals surface area contributed by atoms with E-state index in [1.165, 1.54) is 19.3 Å². The molecule has 0 nitrogen and oxygen atoms in total. The van der Waals surface area contributed by atoms with Gasteiger partial charge in [-0.05, 0) is 44.4 Å². The molecule has 0 spiro atoms. The third-order valence-electron chi connectivity index (χ3n) is 3.62. The minimum Gasteiger partial charge on any atom is -0.0736 e. The molecule has 0 unspecified atom stereocenters. The molecule has 0 atom stereocenters. The zero-order chi connectivity index (χ0) is 7.35. The van der Waals surface area contributed by atoms with Gasteiger partial charge in [-0.25, -0.2) is 0 Å². The summed E-state index contributed by atoms with van der Waals surface area (Å²) in [5.74, 6) is 1.05. The summed E-state index contributed by atoms with van der Waals surface area (Å²) in [6.45, 7) is 7.05. The maximum absolute atomic E-state index is 2.42. The van der Waals surface area contributed by atoms with Crippen molar-refractivity contribution in [2.24, 2.45) is 11.3 Å². The molecule has 0 aromatic heterocycles. The highest BCUT2D eigenvalue weighted by Gasteiger charge is 2.45. The van der Waals surface area contributed by atoms with E-state index in [0.717, 1.165) is 5.92 Å². The monoisotopic (exact) mass is 136 g/mol. The molecule has 0 aliphatic heterocycles. The Morgan fingerprint density at radius 1 is 1.30 bits per heavy atom. The first kappa shape index (κ1) is 6.45. The van der Waals surface area contributed by atoms with Crippen LogP contribution in [0.4, 0.5) is 0 Å². The fourth-order valence-electron chi connectivity index (χ4n) is 2.77. The fraction of sp³-hybridized carbons (Fsp3) is 0.800. The van der Waals surface area contributed by atoms with Gasteiger partial charge in [-0.3, -0.25) is 0 Å². The van der Waals surface area contributed by atoms with Gasteiger partial charge in [0.1, 0.15) is 0 Å². The second kappa shape index (κ2) is 1.66. The molecule has 0 aromatic carbocycles. The summed E-state index contributed by atoms with van der Waals surface area (Å²) in [6, 6.07) is 0. The highest BCUT2D eigenvalue weighted by Crippen LogP contribution is 2.57. The molecule has 0 radical (unpaired) electrons. The summed E-state index contributed by atoms with van der Waals surface area (Å²) in [6.07, 6.45) is 4.33. The van der Waals surface area contributed by atoms with Crippen LogP contribution in [-0.4, -0.2) is 0 Å². The van der Waals surface area contributed by atoms with Crippen LogP contribution in [0, 0.1) is 11.3 Å². The molecular formula is C10H16. The van der Waals surface area contributed by atoms with Crippen LogP contribution in [0.3, 0.4) is 0 Å². The van der Waals surface area contributed by atoms with Crippen LogP contribution in [0.15, 0.2) is 11.1 Å². The van der Waals surface area contributed by atoms with Gasteiger partial charge in [0.2, 0.25) is 0 Å². The number of allylic oxidation sites excluding steroid dienone is 2. The summed E-state index contributed by atoms with van der Waals surface area (Å²) in [5, 5.41) is 0. The molecule has 0 saturated heterocycles. The van der Waals surface area contributed by atoms with Crippen molar-refractivity contribution in [2.45, 2.75) is 40.0 Å². The van der Waals surface area contributed by atoms with Crippen LogP contribution in [0.2, 0.25) is 0 Å². The average molecular weight is 136 g/mol. The number of hydrogen-bond acceptors (Lipinski definition) is 0. The van der Waals surface area contributed by atoms with Crippen molar-refractivity contribution in [3.8, 4) is 0 Å². The molecule has 0 heterocycles. The van der Waals surface area contributed by atoms with Gasteiger partial charge in [-0.1, -0.05) is 18.1 Å². The largest absolute Gasteiger partial charge is 0.0736 e. The van der Waals surface area contributed by atoms with Crippen molar-refractivity contribution in [1.29, 1.82) is 0 Å². The van der Waals surface area contributed by atoms with Gasteiger partial charge in [0, 0.05) is 0 Å². The minimum atomic E-state index is 0.632. The normalized spacial score (nSPS) is 45.3. The molecule has 2 bridgehead atoms. The second-order valence-electron chi connectivity index (χ2n) is 4.44. The van der Waals surface area contributed by atoms with Crippen molar-refractivity contribution in [1.82, 2.24) is 0 Å². The van der Waals surface area contributed by atoms with Crippen LogP contribution in [0.1, 0.15) is 40.0 Å². The number of hydrogen-bond donors (Lipinski definition) is 0. The Morgan fingerprint density at radius 2 is 1.90 bits per heavy atom. The predicted molar refractivity (Wildman–Crippen MR) is 43.8 cm³/mol. The van der Waals surface area contributed by atoms with Crippen molar-refractivity contribution in [3.05, 3.63) is 11.1 Å². The van der Waals surface area contributed by atoms with Crippen LogP contribution < -0.4 is 0 Å². The van der Waals surface area contributed by atoms with Gasteiger partial charge in [-0.2, -0.15) is 0 Å². The topological polar surface area (TPSA) is 0 Å². The van der Waals surface area contributed by atoms with Crippen molar-refractivity contribution < 1.29 is 0 Å². The Bertz CT molecular complexity index is 192. The zero-order valence-corrected chi connectivity index (χ0v) is 7.20. The molecule has 3 aliphatic carbocycles. The Morgan fingerprint density at radius 3 is 2.30 bits per heavy atom. The van der Waals surface area contributed by atoms with Crippen molar-refractivity contribution in [2.75, 3.05) is 0 Å². The average Bonchev–Trinajstić information content (AvgIpc) is 1.78. The lowest BCUT2D eigenvalue weighted by Crippen LogP contribution is -2.39. The quantitative estimate of drug-likeness (QED) is 0.449. The lowest BCUT2D eigenvalue weighted by Gasteiger charge is -2.51. The zero-order valence-electron chi connectivity index (χ0n) is 7.20. The van der Waals surface area contributed by atoms with E-state index in [1.807, 2.05) is 0 Å². The lowest BCUT2D eigenvalue weighted by molar-refractivity contribution is 0.0946. The van der Waals surface area contributed by atoms with E-state index in [9.17, 15) is 0 Å². The van der Waals surface area contributed by atoms with E-state index in [4.69, 9.17) is 0 Å². The van der Waals surface area contributed by atoms with Crippen molar-refractivity contribution >= 4 is 0 Å². The Balaban J connectivity index is 2.37. The summed E-state index contributed by atoms with van der Waals surface area (Å²) >= 11 is 0. The maximum atomic E-state index is 2.42. The van der Waals surface area contributed by atoms with E-state index < -0.39 is 0 Å². The first-order valence-corrected chi connectivity index (χ1v) is 4.29. The fourth-order valence-corrected chi connectivity index (χ4v) is 2.77. The molecule has 3 rings (SSSR count). The molecule has 10 heavy (non-hydrogen) atoms. The predicted octanol–water partition coefficient (Wildman–Crippen LogP) is 3.14. The van der Waals surface area contributed by atoms with Crippen LogP contribution in [-0.2, 0) is 0 Å². The summed E-state index contributed by atoms with van der Waals surface area (Å²) in [4.78, 5) is 0. The summed E-state index contributed by atoms with van der Waals surface area (Å²) in [5.41, 5.74) is 3.99. The van der Waals surface area contributed by atoms with Gasteiger partial charge in [0.25, 0.3) is 0 Å². The summed E-state index contributed by atoms with van der Waals surface area (Å²) in [7, 11) is 0. The van der Waals surface area contributed by atoms with E-state index in [0.29, 0.717) is 5.41 Å². The van der Waals surface area contributed by atoms with E-state index in [-0.39, 0.29) is 0 Å². The van der Waals surface area contributed by atoms with Crippen LogP contribution in [0.5, 0.6) is 0 Å². The highest BCUT2D eigenvalue weighted by atomic mass is 14.5. The number of fused-ring (bicyclic) bond motifs is 1. The Hall–Kier alpha value is -0.260. The van der Waals surface area contributed by atoms with Crippen LogP contribution >= 0.6 is 0 Å². The molecule has 0 aromatic rings. The molecule has 3 aliphatic rings. The Kier molecular flexibility index (Phi) is 1.07. The van der Waals surface area contributed by atoms with Gasteiger partial charge in [0.15, 0.2) is 0 Å². The smallest absolute Gasteiger partial charge is 0.0111 e. The van der Waals surface area contributed by atoms with Gasteiger partial charge in [-0.15, -0.1) is 0 Å². The SMILES string of the molecule is CC1=C(C)C2(C)CC(C1)C2. The third kappa shape index (κ3) is 0.624. The van der Waals surface area contributed by atoms with Gasteiger partial charge < -0.3 is 0 Å². The highest BCUT2D eigenvalue weighted by molar-refractivity contribution is 5.27. The molecule has 56 valence electrons. The van der Waals surface area contributed by atoms with Gasteiger partial charge in [0.05, 0.1) is 0 Å². The lowest BCUT2D eigenvalue weighted by atomic mass is 9.53. The summed E-state index contributed by atoms with van der Waals surface area (Å²) < 4.78 is 0. The van der Waals surface area contributed by atoms with Gasteiger partial charge >= 0.3 is 0 Å². The molecule has 1 fully saturated rings. The molecule has 0 heteroatoms. The Labute approximate surface area is 63.3 Å². The van der Waals surface area contributed by atoms with E-state index in [2.05, 4.69) is 20.8 Å². The second-order valence-corrected chi connectivity index (χ2v) is 4.44. The minimum absolute atomic E-state index is 0.632. The van der Waals surface area contributed by atoms with E-state index >= 15 is 0 Å². The first-order valence-electron chi connectivity index (χ1n) is 4.29. The van der Waals surface area contributed by atoms with E-state index in [1.54, 1.807) is 11.1 Å². The molecular weight excluding hydrogens is 120 g/mol. The first-order chi connectivity index (χ1) is 4.62. The van der Waals surface area contributed by atoms with Crippen molar-refractivity contribution in [3.63, 3.8) is 0 Å². The maximum Gasteiger partial charge on any atom is -0.0111 e. The van der Waals surface area contributed by atoms with Crippen LogP contribution in [0.25, 0.3) is 0 Å². The standard InChI is InChI=1S/C10H16/c1-7-4-9-5-10(3,6-9)8(7)2/h9H,4-6H2,1-3H3. The molecule has 0 amide bonds.